The molecule has 8 heteroatoms. The molecule has 1 heterocycles. The molecule has 0 radical (unpaired) electrons. The number of hydrogen-bond donors (Lipinski definition) is 1. The third kappa shape index (κ3) is 3.96. The van der Waals surface area contributed by atoms with Gasteiger partial charge in [0.15, 0.2) is 5.76 Å². The summed E-state index contributed by atoms with van der Waals surface area (Å²) in [4.78, 5) is 25.9. The van der Waals surface area contributed by atoms with Gasteiger partial charge in [0.05, 0.1) is 22.3 Å². The van der Waals surface area contributed by atoms with Crippen LogP contribution in [0.15, 0.2) is 46.9 Å². The number of benzene rings is 2. The molecule has 26 heavy (non-hydrogen) atoms. The second-order valence-corrected chi connectivity index (χ2v) is 6.85. The van der Waals surface area contributed by atoms with Gasteiger partial charge in [-0.1, -0.05) is 40.9 Å². The molecule has 1 N–H and O–H groups in total. The molecule has 2 amide bonds. The Hall–Kier alpha value is -2.21. The van der Waals surface area contributed by atoms with Crippen molar-refractivity contribution in [3.8, 4) is 0 Å². The maximum absolute atomic E-state index is 12.5. The van der Waals surface area contributed by atoms with Crippen LogP contribution in [0.25, 0.3) is 11.0 Å². The van der Waals surface area contributed by atoms with Crippen molar-refractivity contribution in [2.75, 3.05) is 18.9 Å². The van der Waals surface area contributed by atoms with Crippen LogP contribution in [0, 0.1) is 0 Å². The molecule has 1 aromatic heterocycles. The highest BCUT2D eigenvalue weighted by atomic mass is 35.5. The van der Waals surface area contributed by atoms with E-state index >= 15 is 0 Å². The Morgan fingerprint density at radius 1 is 1.08 bits per heavy atom. The van der Waals surface area contributed by atoms with Gasteiger partial charge in [-0.15, -0.1) is 0 Å². The Morgan fingerprint density at radius 3 is 2.46 bits per heavy atom. The molecule has 5 nitrogen and oxygen atoms in total. The van der Waals surface area contributed by atoms with Crippen LogP contribution in [0.4, 0.5) is 5.69 Å². The van der Waals surface area contributed by atoms with Crippen LogP contribution in [0.1, 0.15) is 10.6 Å². The number of carbonyl (C=O) groups excluding carboxylic acids is 2. The number of amides is 2. The average molecular weight is 412 g/mol. The molecule has 0 bridgehead atoms. The highest BCUT2D eigenvalue weighted by Crippen LogP contribution is 2.29. The van der Waals surface area contributed by atoms with E-state index < -0.39 is 11.8 Å². The molecular weight excluding hydrogens is 399 g/mol. The first-order valence-corrected chi connectivity index (χ1v) is 8.67. The zero-order valence-corrected chi connectivity index (χ0v) is 15.8. The van der Waals surface area contributed by atoms with E-state index in [-0.39, 0.29) is 12.3 Å². The number of anilines is 1. The Bertz CT molecular complexity index is 980. The number of likely N-dealkylation sites (N-methyl/N-ethyl adjacent to an activating group) is 1. The van der Waals surface area contributed by atoms with E-state index in [4.69, 9.17) is 39.2 Å². The normalized spacial score (nSPS) is 10.8. The largest absolute Gasteiger partial charge is 0.451 e. The first kappa shape index (κ1) is 18.6. The topological polar surface area (TPSA) is 62.6 Å². The predicted molar refractivity (Wildman–Crippen MR) is 103 cm³/mol. The van der Waals surface area contributed by atoms with Crippen LogP contribution in [-0.4, -0.2) is 30.3 Å². The fourth-order valence-corrected chi connectivity index (χ4v) is 3.06. The predicted octanol–water partition coefficient (Wildman–Crippen LogP) is 5.10. The lowest BCUT2D eigenvalue weighted by Gasteiger charge is -2.16. The van der Waals surface area contributed by atoms with E-state index in [0.717, 1.165) is 0 Å². The van der Waals surface area contributed by atoms with Crippen molar-refractivity contribution >= 4 is 63.3 Å². The fraction of sp³-hybridized carbons (Fsp3) is 0.111. The molecule has 0 saturated carbocycles. The van der Waals surface area contributed by atoms with Crippen LogP contribution in [-0.2, 0) is 4.79 Å². The number of fused-ring (bicyclic) bond motifs is 1. The maximum Gasteiger partial charge on any atom is 0.289 e. The summed E-state index contributed by atoms with van der Waals surface area (Å²) in [6.45, 7) is -0.196. The number of halogens is 3. The van der Waals surface area contributed by atoms with E-state index in [1.807, 2.05) is 0 Å². The monoisotopic (exact) mass is 410 g/mol. The number of para-hydroxylation sites is 1. The van der Waals surface area contributed by atoms with Gasteiger partial charge in [0, 0.05) is 17.5 Å². The van der Waals surface area contributed by atoms with Crippen LogP contribution in [0.2, 0.25) is 15.1 Å². The van der Waals surface area contributed by atoms with Gasteiger partial charge in [-0.25, -0.2) is 0 Å². The van der Waals surface area contributed by atoms with Crippen molar-refractivity contribution in [3.63, 3.8) is 0 Å². The molecular formula is C18H13Cl3N2O3. The zero-order valence-electron chi connectivity index (χ0n) is 13.6. The minimum Gasteiger partial charge on any atom is -0.451 e. The Morgan fingerprint density at radius 2 is 1.77 bits per heavy atom. The minimum atomic E-state index is -0.435. The van der Waals surface area contributed by atoms with Gasteiger partial charge in [-0.3, -0.25) is 9.59 Å². The standard InChI is InChI=1S/C18H13Cl3N2O3/c1-23(9-16(24)22-17-12(20)3-2-4-13(17)21)18(25)15-8-10-7-11(19)5-6-14(10)26-15/h2-8H,9H2,1H3,(H,22,24). The number of rotatable bonds is 4. The smallest absolute Gasteiger partial charge is 0.289 e. The molecule has 2 aromatic carbocycles. The molecule has 3 aromatic rings. The summed E-state index contributed by atoms with van der Waals surface area (Å²) in [6.07, 6.45) is 0. The van der Waals surface area contributed by atoms with Crippen LogP contribution >= 0.6 is 34.8 Å². The quantitative estimate of drug-likeness (QED) is 0.649. The molecule has 0 unspecified atom stereocenters. The van der Waals surface area contributed by atoms with Crippen LogP contribution in [0.5, 0.6) is 0 Å². The van der Waals surface area contributed by atoms with Gasteiger partial charge < -0.3 is 14.6 Å². The lowest BCUT2D eigenvalue weighted by atomic mass is 10.2. The Labute approximate surface area is 164 Å². The third-order valence-electron chi connectivity index (χ3n) is 3.64. The van der Waals surface area contributed by atoms with E-state index in [9.17, 15) is 9.59 Å². The summed E-state index contributed by atoms with van der Waals surface area (Å²) in [7, 11) is 1.50. The number of furan rings is 1. The molecule has 3 rings (SSSR count). The van der Waals surface area contributed by atoms with E-state index in [1.54, 1.807) is 42.5 Å². The fourth-order valence-electron chi connectivity index (χ4n) is 2.39. The Balaban J connectivity index is 1.71. The molecule has 0 spiro atoms. The molecule has 0 fully saturated rings. The molecule has 0 aliphatic heterocycles. The second-order valence-electron chi connectivity index (χ2n) is 5.60. The second kappa shape index (κ2) is 7.58. The summed E-state index contributed by atoms with van der Waals surface area (Å²) < 4.78 is 5.52. The molecule has 134 valence electrons. The van der Waals surface area contributed by atoms with Gasteiger partial charge in [0.25, 0.3) is 5.91 Å². The van der Waals surface area contributed by atoms with Gasteiger partial charge in [0.1, 0.15) is 5.58 Å². The van der Waals surface area contributed by atoms with Crippen molar-refractivity contribution in [2.24, 2.45) is 0 Å². The van der Waals surface area contributed by atoms with Crippen molar-refractivity contribution in [1.82, 2.24) is 4.90 Å². The number of hydrogen-bond acceptors (Lipinski definition) is 3. The van der Waals surface area contributed by atoms with E-state index in [2.05, 4.69) is 5.32 Å². The minimum absolute atomic E-state index is 0.119. The summed E-state index contributed by atoms with van der Waals surface area (Å²) >= 11 is 18.0. The highest BCUT2D eigenvalue weighted by Gasteiger charge is 2.20. The van der Waals surface area contributed by atoms with Gasteiger partial charge in [-0.2, -0.15) is 0 Å². The molecule has 0 atom stereocenters. The van der Waals surface area contributed by atoms with Crippen molar-refractivity contribution in [1.29, 1.82) is 0 Å². The van der Waals surface area contributed by atoms with E-state index in [0.29, 0.717) is 31.7 Å². The highest BCUT2D eigenvalue weighted by molar-refractivity contribution is 6.39. The Kier molecular flexibility index (Phi) is 5.41. The van der Waals surface area contributed by atoms with Crippen molar-refractivity contribution < 1.29 is 14.0 Å². The third-order valence-corrected chi connectivity index (χ3v) is 4.51. The van der Waals surface area contributed by atoms with E-state index in [1.165, 1.54) is 11.9 Å². The SMILES string of the molecule is CN(CC(=O)Nc1c(Cl)cccc1Cl)C(=O)c1cc2cc(Cl)ccc2o1. The molecule has 0 aliphatic rings. The van der Waals surface area contributed by atoms with Gasteiger partial charge >= 0.3 is 0 Å². The maximum atomic E-state index is 12.5. The van der Waals surface area contributed by atoms with Gasteiger partial charge in [-0.05, 0) is 36.4 Å². The summed E-state index contributed by atoms with van der Waals surface area (Å²) in [5.74, 6) is -0.749. The average Bonchev–Trinajstić information content (AvgIpc) is 3.00. The summed E-state index contributed by atoms with van der Waals surface area (Å²) in [5, 5.41) is 4.49. The number of nitrogens with zero attached hydrogens (tertiary/aromatic N) is 1. The van der Waals surface area contributed by atoms with Crippen molar-refractivity contribution in [3.05, 3.63) is 63.3 Å². The first-order chi connectivity index (χ1) is 12.3. The van der Waals surface area contributed by atoms with Gasteiger partial charge in [0.2, 0.25) is 5.91 Å². The first-order valence-electron chi connectivity index (χ1n) is 7.53. The summed E-state index contributed by atoms with van der Waals surface area (Å²) in [6, 6.07) is 11.5. The number of carbonyl (C=O) groups is 2. The number of nitrogens with one attached hydrogen (secondary N) is 1. The summed E-state index contributed by atoms with van der Waals surface area (Å²) in [5.41, 5.74) is 0.846. The zero-order chi connectivity index (χ0) is 18.8. The van der Waals surface area contributed by atoms with Crippen LogP contribution < -0.4 is 5.32 Å². The molecule has 0 aliphatic carbocycles. The lowest BCUT2D eigenvalue weighted by molar-refractivity contribution is -0.116. The van der Waals surface area contributed by atoms with Crippen LogP contribution in [0.3, 0.4) is 0 Å². The lowest BCUT2D eigenvalue weighted by Crippen LogP contribution is -2.34. The van der Waals surface area contributed by atoms with Crippen molar-refractivity contribution in [2.45, 2.75) is 0 Å². The molecule has 0 saturated heterocycles.